The molecule has 1 aliphatic heterocycles. The first-order valence-corrected chi connectivity index (χ1v) is 12.1. The number of nitrogens with one attached hydrogen (secondary N) is 1. The zero-order chi connectivity index (χ0) is 20.6. The molecule has 29 heavy (non-hydrogen) atoms. The minimum Gasteiger partial charge on any atom is -0.356 e. The van der Waals surface area contributed by atoms with Gasteiger partial charge in [0.25, 0.3) is 0 Å². The maximum absolute atomic E-state index is 4.55. The Labute approximate surface area is 199 Å². The topological polar surface area (TPSA) is 58.3 Å². The smallest absolute Gasteiger partial charge is 0.193 e. The molecular weight excluding hydrogens is 495 g/mol. The average molecular weight is 537 g/mol. The van der Waals surface area contributed by atoms with Crippen LogP contribution in [0, 0.1) is 11.3 Å². The molecule has 6 nitrogen and oxygen atoms in total. The van der Waals surface area contributed by atoms with Gasteiger partial charge in [-0.3, -0.25) is 4.99 Å². The summed E-state index contributed by atoms with van der Waals surface area (Å²) in [5.74, 6) is 2.74. The molecule has 2 heterocycles. The number of likely N-dealkylation sites (tertiary alicyclic amines) is 1. The molecule has 1 atom stereocenters. The number of guanidine groups is 1. The second-order valence-corrected chi connectivity index (χ2v) is 9.54. The predicted molar refractivity (Wildman–Crippen MR) is 136 cm³/mol. The van der Waals surface area contributed by atoms with E-state index in [0.717, 1.165) is 56.0 Å². The molecule has 0 amide bonds. The quantitative estimate of drug-likeness (QED) is 0.163. The molecule has 1 fully saturated rings. The number of aryl methyl sites for hydroxylation is 1. The van der Waals surface area contributed by atoms with Crippen molar-refractivity contribution in [3.63, 3.8) is 0 Å². The Hall–Kier alpha value is -0.510. The van der Waals surface area contributed by atoms with E-state index < -0.39 is 0 Å². The predicted octanol–water partition coefficient (Wildman–Crippen LogP) is 4.68. The van der Waals surface area contributed by atoms with Crippen LogP contribution in [0.5, 0.6) is 0 Å². The van der Waals surface area contributed by atoms with E-state index in [1.54, 1.807) is 11.8 Å². The van der Waals surface area contributed by atoms with E-state index in [1.807, 2.05) is 7.05 Å². The molecule has 1 N–H and O–H groups in total. The zero-order valence-corrected chi connectivity index (χ0v) is 22.3. The summed E-state index contributed by atoms with van der Waals surface area (Å²) in [6, 6.07) is 0. The van der Waals surface area contributed by atoms with Gasteiger partial charge >= 0.3 is 0 Å². The van der Waals surface area contributed by atoms with Gasteiger partial charge in [-0.1, -0.05) is 45.9 Å². The third kappa shape index (κ3) is 7.92. The van der Waals surface area contributed by atoms with Crippen LogP contribution in [0.1, 0.15) is 65.6 Å². The largest absolute Gasteiger partial charge is 0.356 e. The van der Waals surface area contributed by atoms with Gasteiger partial charge in [-0.25, -0.2) is 0 Å². The Morgan fingerprint density at radius 1 is 1.34 bits per heavy atom. The minimum absolute atomic E-state index is 0. The molecule has 0 aromatic carbocycles. The Balaban J connectivity index is 0.00000420. The summed E-state index contributed by atoms with van der Waals surface area (Å²) in [5, 5.41) is 13.4. The van der Waals surface area contributed by atoms with Crippen molar-refractivity contribution < 1.29 is 0 Å². The number of piperidine rings is 1. The molecule has 168 valence electrons. The summed E-state index contributed by atoms with van der Waals surface area (Å²) in [5.41, 5.74) is 0.423. The van der Waals surface area contributed by atoms with Gasteiger partial charge in [0.05, 0.1) is 0 Å². The lowest BCUT2D eigenvalue weighted by molar-refractivity contribution is 0.142. The van der Waals surface area contributed by atoms with Gasteiger partial charge in [-0.05, 0) is 43.3 Å². The molecule has 0 saturated carbocycles. The maximum Gasteiger partial charge on any atom is 0.193 e. The van der Waals surface area contributed by atoms with Crippen LogP contribution in [-0.4, -0.2) is 58.6 Å². The third-order valence-electron chi connectivity index (χ3n) is 5.53. The molecule has 1 aliphatic rings. The highest BCUT2D eigenvalue weighted by Gasteiger charge is 2.31. The fourth-order valence-electron chi connectivity index (χ4n) is 4.29. The molecule has 0 aliphatic carbocycles. The van der Waals surface area contributed by atoms with Gasteiger partial charge in [-0.2, -0.15) is 0 Å². The first kappa shape index (κ1) is 26.5. The van der Waals surface area contributed by atoms with Crippen molar-refractivity contribution >= 4 is 41.7 Å². The van der Waals surface area contributed by atoms with Gasteiger partial charge in [0.1, 0.15) is 5.82 Å². The molecule has 2 rings (SSSR count). The Bertz CT molecular complexity index is 629. The van der Waals surface area contributed by atoms with Crippen LogP contribution in [0.15, 0.2) is 10.1 Å². The molecule has 1 unspecified atom stereocenters. The third-order valence-corrected chi connectivity index (χ3v) is 6.20. The van der Waals surface area contributed by atoms with Crippen LogP contribution in [0.25, 0.3) is 0 Å². The van der Waals surface area contributed by atoms with Crippen LogP contribution >= 0.6 is 35.7 Å². The van der Waals surface area contributed by atoms with Crippen LogP contribution in [-0.2, 0) is 13.0 Å². The van der Waals surface area contributed by atoms with Crippen molar-refractivity contribution in [3.05, 3.63) is 5.82 Å². The van der Waals surface area contributed by atoms with Gasteiger partial charge < -0.3 is 14.8 Å². The normalized spacial score (nSPS) is 20.1. The molecule has 1 saturated heterocycles. The lowest BCUT2D eigenvalue weighted by Crippen LogP contribution is -2.50. The number of hydrogen-bond donors (Lipinski definition) is 1. The summed E-state index contributed by atoms with van der Waals surface area (Å²) in [7, 11) is 1.90. The number of aliphatic imine (C=N–C) groups is 1. The molecule has 1 aromatic rings. The maximum atomic E-state index is 4.55. The van der Waals surface area contributed by atoms with Crippen molar-refractivity contribution in [2.45, 2.75) is 77.9 Å². The van der Waals surface area contributed by atoms with Crippen LogP contribution in [0.2, 0.25) is 0 Å². The highest BCUT2D eigenvalue weighted by Crippen LogP contribution is 2.33. The van der Waals surface area contributed by atoms with Gasteiger partial charge in [0, 0.05) is 39.6 Å². The highest BCUT2D eigenvalue weighted by molar-refractivity contribution is 14.0. The second-order valence-electron chi connectivity index (χ2n) is 8.77. The number of nitrogens with zero attached hydrogens (tertiary/aromatic N) is 5. The van der Waals surface area contributed by atoms with E-state index in [1.165, 1.54) is 25.7 Å². The first-order chi connectivity index (χ1) is 13.4. The fourth-order valence-corrected chi connectivity index (χ4v) is 4.81. The Kier molecular flexibility index (Phi) is 11.9. The lowest BCUT2D eigenvalue weighted by Gasteiger charge is -2.42. The standard InChI is InChI=1S/C21H40N6S.HI/c1-7-11-21(4)12-9-14-26(16-21)19(22-5)23-13-8-10-18-24-25-20(28-6)27(18)15-17(2)3;/h17H,7-16H2,1-6H3,(H,22,23);1H. The summed E-state index contributed by atoms with van der Waals surface area (Å²) in [6.45, 7) is 13.3. The van der Waals surface area contributed by atoms with Crippen molar-refractivity contribution in [3.8, 4) is 0 Å². The van der Waals surface area contributed by atoms with Crippen LogP contribution < -0.4 is 5.32 Å². The van der Waals surface area contributed by atoms with Gasteiger partial charge in [-0.15, -0.1) is 34.2 Å². The Morgan fingerprint density at radius 3 is 2.72 bits per heavy atom. The van der Waals surface area contributed by atoms with Crippen molar-refractivity contribution in [1.82, 2.24) is 25.0 Å². The zero-order valence-electron chi connectivity index (χ0n) is 19.2. The van der Waals surface area contributed by atoms with E-state index >= 15 is 0 Å². The van der Waals surface area contributed by atoms with Crippen LogP contribution in [0.4, 0.5) is 0 Å². The molecule has 8 heteroatoms. The van der Waals surface area contributed by atoms with Gasteiger partial charge in [0.2, 0.25) is 0 Å². The summed E-state index contributed by atoms with van der Waals surface area (Å²) < 4.78 is 2.28. The SMILES string of the molecule is CCCC1(C)CCCN(C(=NC)NCCCc2nnc(SC)n2CC(C)C)C1.I. The van der Waals surface area contributed by atoms with Crippen molar-refractivity contribution in [2.75, 3.05) is 32.9 Å². The number of hydrogen-bond acceptors (Lipinski definition) is 4. The summed E-state index contributed by atoms with van der Waals surface area (Å²) in [6.07, 6.45) is 9.18. The number of rotatable bonds is 9. The molecule has 1 aromatic heterocycles. The number of thioether (sulfide) groups is 1. The monoisotopic (exact) mass is 536 g/mol. The number of halogens is 1. The second kappa shape index (κ2) is 13.0. The minimum atomic E-state index is 0. The molecular formula is C21H41IN6S. The number of aromatic nitrogens is 3. The van der Waals surface area contributed by atoms with Gasteiger partial charge in [0.15, 0.2) is 11.1 Å². The van der Waals surface area contributed by atoms with E-state index in [0.29, 0.717) is 11.3 Å². The summed E-state index contributed by atoms with van der Waals surface area (Å²) >= 11 is 1.68. The fraction of sp³-hybridized carbons (Fsp3) is 0.857. The molecule has 0 bridgehead atoms. The van der Waals surface area contributed by atoms with E-state index in [4.69, 9.17) is 0 Å². The average Bonchev–Trinajstić information content (AvgIpc) is 3.02. The summed E-state index contributed by atoms with van der Waals surface area (Å²) in [4.78, 5) is 7.00. The Morgan fingerprint density at radius 2 is 2.10 bits per heavy atom. The van der Waals surface area contributed by atoms with E-state index in [-0.39, 0.29) is 24.0 Å². The van der Waals surface area contributed by atoms with Crippen molar-refractivity contribution in [1.29, 1.82) is 0 Å². The first-order valence-electron chi connectivity index (χ1n) is 10.8. The van der Waals surface area contributed by atoms with E-state index in [2.05, 4.69) is 63.9 Å². The molecule has 0 radical (unpaired) electrons. The lowest BCUT2D eigenvalue weighted by atomic mass is 9.78. The van der Waals surface area contributed by atoms with Crippen molar-refractivity contribution in [2.24, 2.45) is 16.3 Å². The highest BCUT2D eigenvalue weighted by atomic mass is 127. The van der Waals surface area contributed by atoms with Crippen LogP contribution in [0.3, 0.4) is 0 Å². The molecule has 0 spiro atoms. The van der Waals surface area contributed by atoms with E-state index in [9.17, 15) is 0 Å².